The Morgan fingerprint density at radius 1 is 1.38 bits per heavy atom. The number of halogens is 1. The van der Waals surface area contributed by atoms with Gasteiger partial charge in [0.15, 0.2) is 17.2 Å². The molecule has 2 heterocycles. The van der Waals surface area contributed by atoms with E-state index >= 15 is 0 Å². The van der Waals surface area contributed by atoms with Crippen LogP contribution in [0.4, 0.5) is 4.39 Å². The van der Waals surface area contributed by atoms with Gasteiger partial charge in [0.2, 0.25) is 0 Å². The fourth-order valence-electron chi connectivity index (χ4n) is 2.32. The molecule has 21 heavy (non-hydrogen) atoms. The van der Waals surface area contributed by atoms with Gasteiger partial charge in [0, 0.05) is 17.4 Å². The van der Waals surface area contributed by atoms with E-state index < -0.39 is 5.82 Å². The maximum Gasteiger partial charge on any atom is 0.254 e. The Balaban J connectivity index is 2.22. The number of hydrogen-bond acceptors (Lipinski definition) is 3. The van der Waals surface area contributed by atoms with Gasteiger partial charge in [-0.3, -0.25) is 4.79 Å². The molecular formula is C16H15FN2O2. The van der Waals surface area contributed by atoms with E-state index in [9.17, 15) is 9.18 Å². The number of furan rings is 1. The first-order valence-corrected chi connectivity index (χ1v) is 6.88. The summed E-state index contributed by atoms with van der Waals surface area (Å²) in [6.07, 6.45) is 1.55. The molecule has 0 radical (unpaired) electrons. The van der Waals surface area contributed by atoms with E-state index in [1.807, 2.05) is 6.92 Å². The maximum atomic E-state index is 13.7. The molecule has 0 aliphatic carbocycles. The largest absolute Gasteiger partial charge is 0.451 e. The fourth-order valence-corrected chi connectivity index (χ4v) is 2.32. The van der Waals surface area contributed by atoms with Gasteiger partial charge in [-0.2, -0.15) is 0 Å². The van der Waals surface area contributed by atoms with Crippen molar-refractivity contribution in [2.24, 2.45) is 0 Å². The van der Waals surface area contributed by atoms with Crippen molar-refractivity contribution in [1.82, 2.24) is 9.97 Å². The van der Waals surface area contributed by atoms with Crippen LogP contribution in [0.3, 0.4) is 0 Å². The van der Waals surface area contributed by atoms with E-state index in [4.69, 9.17) is 4.42 Å². The number of aromatic amines is 1. The summed E-state index contributed by atoms with van der Waals surface area (Å²) in [6.45, 7) is 3.69. The summed E-state index contributed by atoms with van der Waals surface area (Å²) in [5, 5.41) is 0.656. The number of benzene rings is 1. The zero-order valence-electron chi connectivity index (χ0n) is 11.9. The van der Waals surface area contributed by atoms with Crippen molar-refractivity contribution in [1.29, 1.82) is 0 Å². The van der Waals surface area contributed by atoms with E-state index in [1.54, 1.807) is 25.1 Å². The molecular weight excluding hydrogens is 271 g/mol. The quantitative estimate of drug-likeness (QED) is 0.800. The molecule has 0 saturated heterocycles. The Kier molecular flexibility index (Phi) is 3.33. The van der Waals surface area contributed by atoms with Crippen molar-refractivity contribution in [2.45, 2.75) is 26.7 Å². The van der Waals surface area contributed by atoms with Crippen LogP contribution in [0.5, 0.6) is 0 Å². The molecule has 0 spiro atoms. The molecule has 0 aliphatic heterocycles. The van der Waals surface area contributed by atoms with Crippen LogP contribution in [0.2, 0.25) is 0 Å². The fraction of sp³-hybridized carbons (Fsp3) is 0.250. The Bertz CT molecular complexity index is 864. The zero-order chi connectivity index (χ0) is 15.0. The third-order valence-corrected chi connectivity index (χ3v) is 3.42. The third-order valence-electron chi connectivity index (χ3n) is 3.42. The van der Waals surface area contributed by atoms with Crippen LogP contribution >= 0.6 is 0 Å². The van der Waals surface area contributed by atoms with Crippen molar-refractivity contribution in [2.75, 3.05) is 0 Å². The van der Waals surface area contributed by atoms with E-state index in [0.717, 1.165) is 6.42 Å². The molecule has 0 aliphatic rings. The first-order chi connectivity index (χ1) is 10.1. The molecule has 108 valence electrons. The van der Waals surface area contributed by atoms with E-state index in [1.165, 1.54) is 6.07 Å². The molecule has 4 nitrogen and oxygen atoms in total. The predicted octanol–water partition coefficient (Wildman–Crippen LogP) is 3.58. The minimum atomic E-state index is -0.421. The topological polar surface area (TPSA) is 58.9 Å². The van der Waals surface area contributed by atoms with Gasteiger partial charge in [-0.1, -0.05) is 19.1 Å². The molecule has 0 atom stereocenters. The lowest BCUT2D eigenvalue weighted by molar-refractivity contribution is 0.566. The van der Waals surface area contributed by atoms with E-state index in [2.05, 4.69) is 9.97 Å². The van der Waals surface area contributed by atoms with Crippen molar-refractivity contribution in [3.05, 3.63) is 51.8 Å². The molecule has 0 saturated carbocycles. The molecule has 3 aromatic rings. The zero-order valence-corrected chi connectivity index (χ0v) is 11.9. The molecule has 2 aromatic heterocycles. The molecule has 1 N–H and O–H groups in total. The summed E-state index contributed by atoms with van der Waals surface area (Å²) in [4.78, 5) is 19.2. The molecule has 1 aromatic carbocycles. The number of nitrogens with zero attached hydrogens (tertiary/aromatic N) is 1. The summed E-state index contributed by atoms with van der Waals surface area (Å²) < 4.78 is 19.3. The molecule has 5 heteroatoms. The number of H-pyrrole nitrogens is 1. The van der Waals surface area contributed by atoms with Gasteiger partial charge in [0.1, 0.15) is 11.5 Å². The average molecular weight is 286 g/mol. The summed E-state index contributed by atoms with van der Waals surface area (Å²) >= 11 is 0. The predicted molar refractivity (Wildman–Crippen MR) is 78.8 cm³/mol. The van der Waals surface area contributed by atoms with Gasteiger partial charge in [-0.25, -0.2) is 9.37 Å². The lowest BCUT2D eigenvalue weighted by Gasteiger charge is -2.04. The second kappa shape index (κ2) is 5.16. The van der Waals surface area contributed by atoms with Crippen LogP contribution in [0, 0.1) is 12.7 Å². The monoisotopic (exact) mass is 286 g/mol. The molecule has 0 amide bonds. The number of fused-ring (bicyclic) bond motifs is 1. The number of nitrogens with one attached hydrogen (secondary N) is 1. The van der Waals surface area contributed by atoms with Gasteiger partial charge >= 0.3 is 0 Å². The summed E-state index contributed by atoms with van der Waals surface area (Å²) in [6, 6.07) is 6.44. The highest BCUT2D eigenvalue weighted by Gasteiger charge is 2.15. The summed E-state index contributed by atoms with van der Waals surface area (Å²) in [7, 11) is 0. The summed E-state index contributed by atoms with van der Waals surface area (Å²) in [5.74, 6) is 0.607. The Labute approximate surface area is 120 Å². The van der Waals surface area contributed by atoms with Crippen LogP contribution in [-0.4, -0.2) is 9.97 Å². The standard InChI is InChI=1S/C16H15FN2O2/c1-3-5-13-18-14(9(2)16(20)19-13)12-8-10-6-4-7-11(17)15(10)21-12/h4,6-8H,3,5H2,1-2H3,(H,18,19,20). The number of aryl methyl sites for hydroxylation is 1. The highest BCUT2D eigenvalue weighted by Crippen LogP contribution is 2.29. The molecule has 0 fully saturated rings. The van der Waals surface area contributed by atoms with Crippen molar-refractivity contribution < 1.29 is 8.81 Å². The van der Waals surface area contributed by atoms with Crippen LogP contribution in [0.15, 0.2) is 33.5 Å². The second-order valence-electron chi connectivity index (χ2n) is 5.01. The minimum Gasteiger partial charge on any atom is -0.451 e. The molecule has 3 rings (SSSR count). The lowest BCUT2D eigenvalue weighted by Crippen LogP contribution is -2.15. The Morgan fingerprint density at radius 3 is 2.90 bits per heavy atom. The molecule has 0 bridgehead atoms. The number of rotatable bonds is 3. The van der Waals surface area contributed by atoms with E-state index in [0.29, 0.717) is 34.6 Å². The van der Waals surface area contributed by atoms with Gasteiger partial charge in [-0.05, 0) is 25.5 Å². The number of para-hydroxylation sites is 1. The van der Waals surface area contributed by atoms with Gasteiger partial charge in [0.25, 0.3) is 5.56 Å². The van der Waals surface area contributed by atoms with Gasteiger partial charge < -0.3 is 9.40 Å². The summed E-state index contributed by atoms with van der Waals surface area (Å²) in [5.41, 5.74) is 0.933. The first-order valence-electron chi connectivity index (χ1n) is 6.88. The van der Waals surface area contributed by atoms with Crippen LogP contribution in [0.1, 0.15) is 24.7 Å². The second-order valence-corrected chi connectivity index (χ2v) is 5.01. The maximum absolute atomic E-state index is 13.7. The van der Waals surface area contributed by atoms with E-state index in [-0.39, 0.29) is 11.1 Å². The Morgan fingerprint density at radius 2 is 2.19 bits per heavy atom. The van der Waals surface area contributed by atoms with Crippen LogP contribution in [-0.2, 0) is 6.42 Å². The normalized spacial score (nSPS) is 11.2. The first kappa shape index (κ1) is 13.5. The van der Waals surface area contributed by atoms with Crippen LogP contribution in [0.25, 0.3) is 22.4 Å². The van der Waals surface area contributed by atoms with Crippen molar-refractivity contribution in [3.8, 4) is 11.5 Å². The van der Waals surface area contributed by atoms with Crippen molar-refractivity contribution in [3.63, 3.8) is 0 Å². The number of aromatic nitrogens is 2. The lowest BCUT2D eigenvalue weighted by atomic mass is 10.2. The van der Waals surface area contributed by atoms with Gasteiger partial charge in [0.05, 0.1) is 0 Å². The SMILES string of the molecule is CCCc1nc(-c2cc3cccc(F)c3o2)c(C)c(=O)[nH]1. The highest BCUT2D eigenvalue weighted by molar-refractivity contribution is 5.83. The van der Waals surface area contributed by atoms with Crippen LogP contribution < -0.4 is 5.56 Å². The minimum absolute atomic E-state index is 0.186. The van der Waals surface area contributed by atoms with Crippen molar-refractivity contribution >= 4 is 11.0 Å². The average Bonchev–Trinajstić information content (AvgIpc) is 2.88. The number of hydrogen-bond donors (Lipinski definition) is 1. The third kappa shape index (κ3) is 2.35. The highest BCUT2D eigenvalue weighted by atomic mass is 19.1. The van der Waals surface area contributed by atoms with Gasteiger partial charge in [-0.15, -0.1) is 0 Å². The molecule has 0 unspecified atom stereocenters. The Hall–Kier alpha value is -2.43. The smallest absolute Gasteiger partial charge is 0.254 e.